The number of nitrogens with two attached hydrogens (primary N) is 1. The molecule has 3 heterocycles. The Morgan fingerprint density at radius 3 is 2.37 bits per heavy atom. The van der Waals surface area contributed by atoms with E-state index in [9.17, 15) is 57.9 Å². The van der Waals surface area contributed by atoms with E-state index in [4.69, 9.17) is 19.5 Å². The van der Waals surface area contributed by atoms with Crippen molar-refractivity contribution in [1.29, 1.82) is 0 Å². The summed E-state index contributed by atoms with van der Waals surface area (Å²) in [6.45, 7) is 2.67. The quantitative estimate of drug-likeness (QED) is 0.0245. The van der Waals surface area contributed by atoms with Crippen LogP contribution in [0.5, 0.6) is 0 Å². The smallest absolute Gasteiger partial charge is 0.386 e. The van der Waals surface area contributed by atoms with Crippen LogP contribution in [0.4, 0.5) is 5.82 Å². The van der Waals surface area contributed by atoms with Crippen LogP contribution in [-0.4, -0.2) is 123 Å². The first-order valence-corrected chi connectivity index (χ1v) is 25.5. The average molecular weight is 974 g/mol. The Kier molecular flexibility index (Phi) is 22.1. The van der Waals surface area contributed by atoms with Crippen molar-refractivity contribution in [3.8, 4) is 0 Å². The van der Waals surface area contributed by atoms with Crippen molar-refractivity contribution in [3.63, 3.8) is 0 Å². The monoisotopic (exact) mass is 973 g/mol. The van der Waals surface area contributed by atoms with Crippen LogP contribution in [0.3, 0.4) is 0 Å². The molecule has 0 spiro atoms. The van der Waals surface area contributed by atoms with Gasteiger partial charge >= 0.3 is 23.5 Å². The minimum atomic E-state index is -5.58. The lowest BCUT2D eigenvalue weighted by Crippen LogP contribution is -2.46. The zero-order chi connectivity index (χ0) is 46.8. The summed E-state index contributed by atoms with van der Waals surface area (Å²) in [5.41, 5.74) is 4.27. The maximum absolute atomic E-state index is 12.7. The van der Waals surface area contributed by atoms with Gasteiger partial charge in [-0.1, -0.05) is 89.3 Å². The van der Waals surface area contributed by atoms with E-state index in [-0.39, 0.29) is 41.6 Å². The number of imidazole rings is 1. The molecule has 63 heavy (non-hydrogen) atoms. The van der Waals surface area contributed by atoms with Crippen molar-refractivity contribution in [1.82, 2.24) is 30.2 Å². The summed E-state index contributed by atoms with van der Waals surface area (Å²) in [5.74, 6) is -1.14. The summed E-state index contributed by atoms with van der Waals surface area (Å²) < 4.78 is 62.3. The Balaban J connectivity index is 1.38. The summed E-state index contributed by atoms with van der Waals surface area (Å²) in [6, 6.07) is 0. The number of thioether (sulfide) groups is 1. The predicted molar refractivity (Wildman–Crippen MR) is 228 cm³/mol. The second kappa shape index (κ2) is 25.7. The number of amides is 2. The second-order valence-corrected chi connectivity index (χ2v) is 20.3. The van der Waals surface area contributed by atoms with Crippen molar-refractivity contribution < 1.29 is 80.5 Å². The van der Waals surface area contributed by atoms with E-state index in [2.05, 4.69) is 41.3 Å². The molecule has 2 amide bonds. The molecule has 2 unspecified atom stereocenters. The van der Waals surface area contributed by atoms with Gasteiger partial charge in [-0.3, -0.25) is 32.5 Å². The van der Waals surface area contributed by atoms with Gasteiger partial charge in [0.2, 0.25) is 16.9 Å². The third-order valence-corrected chi connectivity index (χ3v) is 13.1. The number of hydrogen-bond donors (Lipinski definition) is 9. The molecule has 2 aromatic rings. The molecule has 356 valence electrons. The molecule has 24 nitrogen and oxygen atoms in total. The van der Waals surface area contributed by atoms with Crippen LogP contribution in [0.25, 0.3) is 11.2 Å². The largest absolute Gasteiger partial charge is 0.481 e. The van der Waals surface area contributed by atoms with Gasteiger partial charge in [-0.2, -0.15) is 4.31 Å². The van der Waals surface area contributed by atoms with E-state index in [1.165, 1.54) is 58.4 Å². The maximum Gasteiger partial charge on any atom is 0.481 e. The van der Waals surface area contributed by atoms with Crippen molar-refractivity contribution in [2.45, 2.75) is 109 Å². The molecule has 0 radical (unpaired) electrons. The number of hydrogen-bond acceptors (Lipinski definition) is 18. The Bertz CT molecular complexity index is 2020. The van der Waals surface area contributed by atoms with Crippen molar-refractivity contribution in [3.05, 3.63) is 37.0 Å². The standard InChI is InChI=1S/C35H58N7O17P3S/c1-4-5-6-7-8-9-10-11-12-13-14-15-26(44)63-19-18-37-25(43)16-17-38-33(47)30(46)35(2,3)21-56-62(53,54)59-61(51,52)55-20-24-29(58-60(48,49)50)28(45)34(57-24)42-23-41-27-31(36)39-22-40-32(27)42/h12-15,22-24,28-30,34,45-46H,4-11,16-21H2,1-3H3,(H,37,43)(H,38,47)(H,51,52)(H,53,54)(H2,36,39,40)(H2,48,49,50)/b13-12-,15-14+/t24-,28-,29-,30+,34-/m1/s1. The highest BCUT2D eigenvalue weighted by Crippen LogP contribution is 2.61. The molecule has 0 aliphatic carbocycles. The molecule has 1 fully saturated rings. The van der Waals surface area contributed by atoms with Crippen LogP contribution in [0.15, 0.2) is 37.0 Å². The molecule has 1 saturated heterocycles. The third-order valence-electron chi connectivity index (χ3n) is 9.20. The van der Waals surface area contributed by atoms with Gasteiger partial charge in [0.1, 0.15) is 36.3 Å². The number of rotatable bonds is 29. The highest BCUT2D eigenvalue weighted by molar-refractivity contribution is 8.14. The first-order chi connectivity index (χ1) is 29.6. The molecule has 28 heteroatoms. The molecule has 0 saturated carbocycles. The van der Waals surface area contributed by atoms with Gasteiger partial charge in [-0.15, -0.1) is 0 Å². The first-order valence-electron chi connectivity index (χ1n) is 19.9. The fourth-order valence-corrected chi connectivity index (χ4v) is 9.27. The summed E-state index contributed by atoms with van der Waals surface area (Å²) in [7, 11) is -16.4. The third kappa shape index (κ3) is 19.2. The number of nitrogens with one attached hydrogen (secondary N) is 2. The Morgan fingerprint density at radius 1 is 0.984 bits per heavy atom. The first kappa shape index (κ1) is 54.4. The number of aliphatic hydroxyl groups excluding tert-OH is 2. The number of nitrogens with zero attached hydrogens (tertiary/aromatic N) is 4. The molecule has 0 bridgehead atoms. The van der Waals surface area contributed by atoms with E-state index in [1.807, 2.05) is 12.2 Å². The average Bonchev–Trinajstić information content (AvgIpc) is 3.76. The van der Waals surface area contributed by atoms with Crippen molar-refractivity contribution >= 4 is 69.1 Å². The van der Waals surface area contributed by atoms with E-state index >= 15 is 0 Å². The molecular formula is C35H58N7O17P3S. The maximum atomic E-state index is 12.7. The minimum Gasteiger partial charge on any atom is -0.386 e. The van der Waals surface area contributed by atoms with Crippen LogP contribution >= 0.6 is 35.2 Å². The summed E-state index contributed by atoms with van der Waals surface area (Å²) in [5, 5.41) is 26.3. The molecule has 0 aromatic carbocycles. The number of carbonyl (C=O) groups excluding carboxylic acids is 3. The zero-order valence-corrected chi connectivity index (χ0v) is 38.5. The molecule has 7 atom stereocenters. The lowest BCUT2D eigenvalue weighted by Gasteiger charge is -2.30. The van der Waals surface area contributed by atoms with Crippen LogP contribution in [-0.2, 0) is 50.7 Å². The Labute approximate surface area is 368 Å². The van der Waals surface area contributed by atoms with E-state index in [0.29, 0.717) is 5.75 Å². The van der Waals surface area contributed by atoms with E-state index in [1.54, 1.807) is 6.08 Å². The predicted octanol–water partition coefficient (Wildman–Crippen LogP) is 2.92. The van der Waals surface area contributed by atoms with Gasteiger partial charge in [0.05, 0.1) is 19.5 Å². The topological polar surface area (TPSA) is 364 Å². The number of phosphoric acid groups is 3. The van der Waals surface area contributed by atoms with Gasteiger partial charge in [0.25, 0.3) is 0 Å². The number of ether oxygens (including phenoxy) is 1. The van der Waals surface area contributed by atoms with E-state index in [0.717, 1.165) is 41.8 Å². The van der Waals surface area contributed by atoms with Crippen LogP contribution in [0.2, 0.25) is 0 Å². The number of carbonyl (C=O) groups is 3. The fraction of sp³-hybridized carbons (Fsp3) is 0.657. The molecule has 1 aliphatic heterocycles. The highest BCUT2D eigenvalue weighted by atomic mass is 32.2. The lowest BCUT2D eigenvalue weighted by molar-refractivity contribution is -0.137. The van der Waals surface area contributed by atoms with Gasteiger partial charge in [0.15, 0.2) is 17.7 Å². The molecular weight excluding hydrogens is 915 g/mol. The molecule has 3 rings (SSSR count). The van der Waals surface area contributed by atoms with E-state index < -0.39 is 84.6 Å². The summed E-state index contributed by atoms with van der Waals surface area (Å²) >= 11 is 1.03. The van der Waals surface area contributed by atoms with Gasteiger partial charge in [0, 0.05) is 30.7 Å². The van der Waals surface area contributed by atoms with Gasteiger partial charge < -0.3 is 50.9 Å². The van der Waals surface area contributed by atoms with Crippen molar-refractivity contribution in [2.24, 2.45) is 5.41 Å². The Hall–Kier alpha value is -2.96. The number of phosphoric ester groups is 3. The summed E-state index contributed by atoms with van der Waals surface area (Å²) in [4.78, 5) is 88.0. The van der Waals surface area contributed by atoms with Crippen molar-refractivity contribution in [2.75, 3.05) is 37.8 Å². The number of fused-ring (bicyclic) bond motifs is 1. The lowest BCUT2D eigenvalue weighted by atomic mass is 9.87. The second-order valence-electron chi connectivity index (χ2n) is 14.9. The number of allylic oxidation sites excluding steroid dienone is 3. The van der Waals surface area contributed by atoms with Gasteiger partial charge in [-0.05, 0) is 18.9 Å². The molecule has 2 aromatic heterocycles. The number of aliphatic hydroxyl groups is 2. The van der Waals surface area contributed by atoms with Crippen LogP contribution in [0.1, 0.15) is 84.8 Å². The molecule has 10 N–H and O–H groups in total. The Morgan fingerprint density at radius 2 is 1.67 bits per heavy atom. The van der Waals surface area contributed by atoms with Crippen LogP contribution < -0.4 is 16.4 Å². The molecule has 1 aliphatic rings. The number of aromatic nitrogens is 4. The zero-order valence-electron chi connectivity index (χ0n) is 35.0. The summed E-state index contributed by atoms with van der Waals surface area (Å²) in [6.07, 6.45) is 9.66. The minimum absolute atomic E-state index is 0.0306. The SMILES string of the molecule is CCCCCCCCC/C=C\C=C\C(=O)SCCNC(=O)CCNC(=O)[C@H](O)C(C)(C)COP(=O)(O)OP(=O)(O)OC[C@H]1O[C@@H](n2cnc3c(N)ncnc32)[C@H](O)[C@@H]1OP(=O)(O)O. The van der Waals surface area contributed by atoms with Gasteiger partial charge in [-0.25, -0.2) is 28.6 Å². The normalized spacial score (nSPS) is 20.8. The number of nitrogen functional groups attached to an aromatic ring is 1. The highest BCUT2D eigenvalue weighted by Gasteiger charge is 2.50. The number of unbranched alkanes of at least 4 members (excludes halogenated alkanes) is 7. The number of anilines is 1. The van der Waals surface area contributed by atoms with Crippen LogP contribution in [0, 0.1) is 5.41 Å². The fourth-order valence-electron chi connectivity index (χ4n) is 5.86.